The number of phenols is 1. The summed E-state index contributed by atoms with van der Waals surface area (Å²) < 4.78 is 13.2. The number of hydrogen-bond donors (Lipinski definition) is 3. The van der Waals surface area contributed by atoms with Crippen LogP contribution in [0, 0.1) is 11.7 Å². The third-order valence-corrected chi connectivity index (χ3v) is 3.97. The van der Waals surface area contributed by atoms with Gasteiger partial charge < -0.3 is 15.9 Å². The highest BCUT2D eigenvalue weighted by Gasteiger charge is 2.25. The number of carbonyl (C=O) groups excluding carboxylic acids is 1. The number of carboxylic acids is 1. The molecule has 5 nitrogen and oxygen atoms in total. The first-order valence-corrected chi connectivity index (χ1v) is 7.88. The molecule has 0 fully saturated rings. The minimum atomic E-state index is -1.12. The number of ketones is 1. The molecule has 2 aromatic carbocycles. The fraction of sp³-hybridized carbons (Fsp3) is 0.263. The van der Waals surface area contributed by atoms with Gasteiger partial charge in [-0.25, -0.2) is 4.39 Å². The number of nitrogens with two attached hydrogens (primary N) is 1. The summed E-state index contributed by atoms with van der Waals surface area (Å²) in [6.45, 7) is 0. The van der Waals surface area contributed by atoms with Crippen LogP contribution >= 0.6 is 0 Å². The van der Waals surface area contributed by atoms with E-state index in [1.807, 2.05) is 0 Å². The third-order valence-electron chi connectivity index (χ3n) is 3.97. The third kappa shape index (κ3) is 5.69. The van der Waals surface area contributed by atoms with E-state index in [9.17, 15) is 24.2 Å². The van der Waals surface area contributed by atoms with Crippen molar-refractivity contribution in [1.82, 2.24) is 0 Å². The van der Waals surface area contributed by atoms with Crippen LogP contribution in [-0.2, 0) is 22.4 Å². The molecule has 4 N–H and O–H groups in total. The fourth-order valence-corrected chi connectivity index (χ4v) is 2.59. The molecule has 2 rings (SSSR count). The molecule has 0 amide bonds. The molecule has 0 saturated carbocycles. The van der Waals surface area contributed by atoms with Crippen LogP contribution in [0.25, 0.3) is 0 Å². The number of phenolic OH excluding ortho intramolecular Hbond substituents is 1. The number of halogens is 1. The first-order chi connectivity index (χ1) is 11.8. The molecule has 25 heavy (non-hydrogen) atoms. The van der Waals surface area contributed by atoms with Crippen molar-refractivity contribution in [2.45, 2.75) is 25.3 Å². The van der Waals surface area contributed by atoms with E-state index in [0.717, 1.165) is 5.56 Å². The van der Waals surface area contributed by atoms with Crippen LogP contribution in [0.2, 0.25) is 0 Å². The molecule has 6 heteroatoms. The van der Waals surface area contributed by atoms with Gasteiger partial charge in [0, 0.05) is 6.42 Å². The topological polar surface area (TPSA) is 101 Å². The molecule has 0 spiro atoms. The molecule has 0 aromatic heterocycles. The van der Waals surface area contributed by atoms with Crippen molar-refractivity contribution in [2.24, 2.45) is 11.7 Å². The Morgan fingerprint density at radius 3 is 2.32 bits per heavy atom. The van der Waals surface area contributed by atoms with Gasteiger partial charge in [0.05, 0.1) is 12.0 Å². The van der Waals surface area contributed by atoms with Gasteiger partial charge in [-0.2, -0.15) is 0 Å². The lowest BCUT2D eigenvalue weighted by atomic mass is 9.91. The summed E-state index contributed by atoms with van der Waals surface area (Å²) in [5, 5.41) is 18.6. The number of carbonyl (C=O) groups is 2. The SMILES string of the molecule is N[C@@H](Cc1ccc(O)cc1)C(=O)CC(Cc1cccc(F)c1)C(=O)O. The first kappa shape index (κ1) is 18.6. The maximum atomic E-state index is 13.2. The number of carboxylic acid groups (broad SMARTS) is 1. The maximum absolute atomic E-state index is 13.2. The summed E-state index contributed by atoms with van der Waals surface area (Å²) in [7, 11) is 0. The van der Waals surface area contributed by atoms with Crippen LogP contribution in [0.15, 0.2) is 48.5 Å². The smallest absolute Gasteiger partial charge is 0.307 e. The minimum absolute atomic E-state index is 0.0603. The zero-order valence-electron chi connectivity index (χ0n) is 13.6. The summed E-state index contributed by atoms with van der Waals surface area (Å²) in [4.78, 5) is 23.7. The van der Waals surface area contributed by atoms with Crippen molar-refractivity contribution < 1.29 is 24.2 Å². The zero-order valence-corrected chi connectivity index (χ0v) is 13.6. The summed E-state index contributed by atoms with van der Waals surface area (Å²) in [6, 6.07) is 11.1. The summed E-state index contributed by atoms with van der Waals surface area (Å²) in [5.74, 6) is -2.77. The van der Waals surface area contributed by atoms with Gasteiger partial charge in [0.1, 0.15) is 11.6 Å². The highest BCUT2D eigenvalue weighted by atomic mass is 19.1. The average molecular weight is 345 g/mol. The Morgan fingerprint density at radius 1 is 1.04 bits per heavy atom. The number of Topliss-reactive ketones (excluding diaryl/α,β-unsaturated/α-hetero) is 1. The summed E-state index contributed by atoms with van der Waals surface area (Å²) in [6.07, 6.45) is 0.0985. The van der Waals surface area contributed by atoms with Gasteiger partial charge in [-0.05, 0) is 48.2 Å². The van der Waals surface area contributed by atoms with Crippen LogP contribution in [0.1, 0.15) is 17.5 Å². The Balaban J connectivity index is 1.99. The van der Waals surface area contributed by atoms with Crippen molar-refractivity contribution in [1.29, 1.82) is 0 Å². The maximum Gasteiger partial charge on any atom is 0.307 e. The fourth-order valence-electron chi connectivity index (χ4n) is 2.59. The van der Waals surface area contributed by atoms with Gasteiger partial charge in [-0.15, -0.1) is 0 Å². The molecule has 0 aliphatic carbocycles. The van der Waals surface area contributed by atoms with Gasteiger partial charge in [0.2, 0.25) is 0 Å². The highest BCUT2D eigenvalue weighted by molar-refractivity contribution is 5.88. The quantitative estimate of drug-likeness (QED) is 0.681. The van der Waals surface area contributed by atoms with E-state index in [2.05, 4.69) is 0 Å². The van der Waals surface area contributed by atoms with Gasteiger partial charge in [-0.1, -0.05) is 24.3 Å². The van der Waals surface area contributed by atoms with E-state index in [-0.39, 0.29) is 30.8 Å². The second-order valence-electron chi connectivity index (χ2n) is 6.02. The number of hydrogen-bond acceptors (Lipinski definition) is 4. The summed E-state index contributed by atoms with van der Waals surface area (Å²) >= 11 is 0. The molecular formula is C19H20FNO4. The van der Waals surface area contributed by atoms with Crippen LogP contribution in [0.4, 0.5) is 4.39 Å². The molecule has 2 atom stereocenters. The van der Waals surface area contributed by atoms with E-state index < -0.39 is 23.7 Å². The Labute approximate surface area is 144 Å². The summed E-state index contributed by atoms with van der Waals surface area (Å²) in [5.41, 5.74) is 7.18. The Morgan fingerprint density at radius 2 is 1.72 bits per heavy atom. The van der Waals surface area contributed by atoms with Gasteiger partial charge in [0.25, 0.3) is 0 Å². The van der Waals surface area contributed by atoms with Crippen LogP contribution in [0.3, 0.4) is 0 Å². The molecule has 0 radical (unpaired) electrons. The lowest BCUT2D eigenvalue weighted by Crippen LogP contribution is -2.35. The highest BCUT2D eigenvalue weighted by Crippen LogP contribution is 2.17. The van der Waals surface area contributed by atoms with Crippen LogP contribution < -0.4 is 5.73 Å². The van der Waals surface area contributed by atoms with E-state index >= 15 is 0 Å². The van der Waals surface area contributed by atoms with Gasteiger partial charge in [0.15, 0.2) is 5.78 Å². The lowest BCUT2D eigenvalue weighted by molar-refractivity contribution is -0.143. The van der Waals surface area contributed by atoms with Crippen molar-refractivity contribution in [3.05, 3.63) is 65.5 Å². The van der Waals surface area contributed by atoms with Crippen molar-refractivity contribution >= 4 is 11.8 Å². The Hall–Kier alpha value is -2.73. The van der Waals surface area contributed by atoms with Crippen molar-refractivity contribution in [3.8, 4) is 5.75 Å². The standard InChI is InChI=1S/C19H20FNO4/c20-15-3-1-2-13(9-15)8-14(19(24)25)11-18(23)17(21)10-12-4-6-16(22)7-5-12/h1-7,9,14,17,22H,8,10-11,21H2,(H,24,25)/t14?,17-/m0/s1. The molecule has 2 aromatic rings. The molecule has 132 valence electrons. The van der Waals surface area contributed by atoms with E-state index in [1.54, 1.807) is 18.2 Å². The predicted octanol–water partition coefficient (Wildman–Crippen LogP) is 2.30. The van der Waals surface area contributed by atoms with E-state index in [0.29, 0.717) is 5.56 Å². The van der Waals surface area contributed by atoms with E-state index in [4.69, 9.17) is 5.73 Å². The van der Waals surface area contributed by atoms with E-state index in [1.165, 1.54) is 30.3 Å². The van der Waals surface area contributed by atoms with Crippen LogP contribution in [0.5, 0.6) is 5.75 Å². The largest absolute Gasteiger partial charge is 0.508 e. The lowest BCUT2D eigenvalue weighted by Gasteiger charge is -2.15. The predicted molar refractivity (Wildman–Crippen MR) is 90.6 cm³/mol. The number of rotatable bonds is 8. The van der Waals surface area contributed by atoms with Crippen molar-refractivity contribution in [3.63, 3.8) is 0 Å². The van der Waals surface area contributed by atoms with Crippen molar-refractivity contribution in [2.75, 3.05) is 0 Å². The molecule has 0 aliphatic rings. The monoisotopic (exact) mass is 345 g/mol. The number of aliphatic carboxylic acids is 1. The molecule has 0 heterocycles. The zero-order chi connectivity index (χ0) is 18.4. The molecule has 0 aliphatic heterocycles. The Kier molecular flexibility index (Phi) is 6.25. The second kappa shape index (κ2) is 8.39. The first-order valence-electron chi connectivity index (χ1n) is 7.88. The second-order valence-corrected chi connectivity index (χ2v) is 6.02. The number of benzene rings is 2. The normalized spacial score (nSPS) is 13.2. The average Bonchev–Trinajstić information content (AvgIpc) is 2.56. The molecule has 0 saturated heterocycles. The molecule has 1 unspecified atom stereocenters. The molecular weight excluding hydrogens is 325 g/mol. The van der Waals surface area contributed by atoms with Crippen LogP contribution in [-0.4, -0.2) is 28.0 Å². The minimum Gasteiger partial charge on any atom is -0.508 e. The molecule has 0 bridgehead atoms. The van der Waals surface area contributed by atoms with Gasteiger partial charge in [-0.3, -0.25) is 9.59 Å². The Bertz CT molecular complexity index is 745. The number of aromatic hydroxyl groups is 1. The van der Waals surface area contributed by atoms with Gasteiger partial charge >= 0.3 is 5.97 Å².